The fourth-order valence-electron chi connectivity index (χ4n) is 1.91. The van der Waals surface area contributed by atoms with Gasteiger partial charge in [0.25, 0.3) is 0 Å². The van der Waals surface area contributed by atoms with Crippen LogP contribution in [0.5, 0.6) is 0 Å². The summed E-state index contributed by atoms with van der Waals surface area (Å²) in [5.41, 5.74) is 7.89. The summed E-state index contributed by atoms with van der Waals surface area (Å²) >= 11 is 0. The van der Waals surface area contributed by atoms with Crippen molar-refractivity contribution in [1.82, 2.24) is 25.1 Å². The van der Waals surface area contributed by atoms with E-state index in [1.54, 1.807) is 6.07 Å². The minimum Gasteiger partial charge on any atom is -0.350 e. The van der Waals surface area contributed by atoms with E-state index in [-0.39, 0.29) is 0 Å². The van der Waals surface area contributed by atoms with E-state index < -0.39 is 6.03 Å². The molecule has 0 aromatic carbocycles. The molecule has 2 aromatic heterocycles. The molecule has 2 aromatic rings. The first kappa shape index (κ1) is 10.0. The van der Waals surface area contributed by atoms with Crippen LogP contribution in [0.1, 0.15) is 11.4 Å². The number of carbonyl (C=O) groups is 1. The highest BCUT2D eigenvalue weighted by atomic mass is 16.2. The quantitative estimate of drug-likeness (QED) is 0.636. The van der Waals surface area contributed by atoms with Crippen LogP contribution in [-0.2, 0) is 13.0 Å². The first-order valence-corrected chi connectivity index (χ1v) is 5.38. The first-order valence-electron chi connectivity index (χ1n) is 5.38. The van der Waals surface area contributed by atoms with Gasteiger partial charge in [-0.15, -0.1) is 0 Å². The fraction of sp³-hybridized carbons (Fsp3) is 0.300. The molecule has 1 aliphatic heterocycles. The summed E-state index contributed by atoms with van der Waals surface area (Å²) in [4.78, 5) is 18.6. The Labute approximate surface area is 97.0 Å². The molecule has 7 heteroatoms. The molecule has 7 nitrogen and oxygen atoms in total. The average molecular weight is 232 g/mol. The lowest BCUT2D eigenvalue weighted by atomic mass is 10.2. The Morgan fingerprint density at radius 3 is 3.12 bits per heavy atom. The Bertz CT molecular complexity index is 546. The molecule has 0 saturated heterocycles. The molecule has 0 bridgehead atoms. The van der Waals surface area contributed by atoms with Crippen molar-refractivity contribution >= 4 is 6.03 Å². The van der Waals surface area contributed by atoms with Gasteiger partial charge < -0.3 is 16.0 Å². The zero-order chi connectivity index (χ0) is 11.8. The lowest BCUT2D eigenvalue weighted by Crippen LogP contribution is -2.23. The van der Waals surface area contributed by atoms with Crippen molar-refractivity contribution in [3.05, 3.63) is 23.7 Å². The summed E-state index contributed by atoms with van der Waals surface area (Å²) in [6.07, 6.45) is 2.43. The predicted molar refractivity (Wildman–Crippen MR) is 60.2 cm³/mol. The lowest BCUT2D eigenvalue weighted by Gasteiger charge is -2.09. The maximum absolute atomic E-state index is 10.9. The van der Waals surface area contributed by atoms with E-state index in [2.05, 4.69) is 20.4 Å². The zero-order valence-corrected chi connectivity index (χ0v) is 9.10. The van der Waals surface area contributed by atoms with E-state index in [0.29, 0.717) is 11.5 Å². The summed E-state index contributed by atoms with van der Waals surface area (Å²) < 4.78 is 1.09. The molecule has 1 aliphatic rings. The maximum atomic E-state index is 10.9. The third-order valence-electron chi connectivity index (χ3n) is 2.76. The molecular weight excluding hydrogens is 220 g/mol. The molecule has 0 aliphatic carbocycles. The van der Waals surface area contributed by atoms with Gasteiger partial charge >= 0.3 is 6.03 Å². The Hall–Kier alpha value is -2.15. The number of primary amides is 1. The monoisotopic (exact) mass is 232 g/mol. The molecular formula is C10H12N6O. The second-order valence-electron chi connectivity index (χ2n) is 3.92. The van der Waals surface area contributed by atoms with Gasteiger partial charge in [-0.1, -0.05) is 0 Å². The summed E-state index contributed by atoms with van der Waals surface area (Å²) in [7, 11) is 0. The van der Waals surface area contributed by atoms with Crippen LogP contribution < -0.4 is 11.1 Å². The van der Waals surface area contributed by atoms with Crippen LogP contribution in [0, 0.1) is 0 Å². The Morgan fingerprint density at radius 1 is 1.53 bits per heavy atom. The molecule has 0 saturated carbocycles. The van der Waals surface area contributed by atoms with Crippen LogP contribution in [0.3, 0.4) is 0 Å². The number of nitrogens with two attached hydrogens (primary N) is 1. The number of carbonyl (C=O) groups excluding carboxylic acids is 1. The van der Waals surface area contributed by atoms with Crippen molar-refractivity contribution in [2.75, 3.05) is 6.54 Å². The minimum atomic E-state index is -0.603. The van der Waals surface area contributed by atoms with Gasteiger partial charge in [-0.25, -0.2) is 9.78 Å². The van der Waals surface area contributed by atoms with Gasteiger partial charge in [0.1, 0.15) is 5.69 Å². The van der Waals surface area contributed by atoms with E-state index in [4.69, 9.17) is 5.73 Å². The highest BCUT2D eigenvalue weighted by Gasteiger charge is 2.16. The van der Waals surface area contributed by atoms with Gasteiger partial charge in [0.15, 0.2) is 5.82 Å². The van der Waals surface area contributed by atoms with Crippen molar-refractivity contribution in [2.24, 2.45) is 5.73 Å². The minimum absolute atomic E-state index is 0.603. The van der Waals surface area contributed by atoms with Crippen molar-refractivity contribution in [2.45, 2.75) is 13.0 Å². The van der Waals surface area contributed by atoms with Crippen molar-refractivity contribution < 1.29 is 4.79 Å². The van der Waals surface area contributed by atoms with Crippen LogP contribution in [0.2, 0.25) is 0 Å². The average Bonchev–Trinajstić information content (AvgIpc) is 2.95. The number of hydrogen-bond donors (Lipinski definition) is 3. The fourth-order valence-corrected chi connectivity index (χ4v) is 1.91. The predicted octanol–water partition coefficient (Wildman–Crippen LogP) is -0.154. The summed E-state index contributed by atoms with van der Waals surface area (Å²) in [5, 5.41) is 7.31. The number of hydrogen-bond acceptors (Lipinski definition) is 4. The zero-order valence-electron chi connectivity index (χ0n) is 9.10. The molecule has 1 amide bonds. The standard InChI is InChI=1S/C10H12N6O/c11-10(17)16-4-2-7(15-16)9-13-6-1-3-12-5-8(6)14-9/h2,4,12H,1,3,5H2,(H2,11,17)(H,13,14). The highest BCUT2D eigenvalue weighted by Crippen LogP contribution is 2.18. The number of nitrogens with one attached hydrogen (secondary N) is 2. The van der Waals surface area contributed by atoms with E-state index in [9.17, 15) is 4.79 Å². The molecule has 17 heavy (non-hydrogen) atoms. The summed E-state index contributed by atoms with van der Waals surface area (Å²) in [6, 6.07) is 1.11. The van der Waals surface area contributed by atoms with Crippen LogP contribution in [0.4, 0.5) is 4.79 Å². The van der Waals surface area contributed by atoms with Crippen molar-refractivity contribution in [1.29, 1.82) is 0 Å². The third kappa shape index (κ3) is 1.70. The molecule has 0 radical (unpaired) electrons. The van der Waals surface area contributed by atoms with Crippen LogP contribution >= 0.6 is 0 Å². The lowest BCUT2D eigenvalue weighted by molar-refractivity contribution is 0.248. The normalized spacial score (nSPS) is 14.6. The number of aromatic nitrogens is 4. The van der Waals surface area contributed by atoms with Gasteiger partial charge in [-0.05, 0) is 6.07 Å². The molecule has 0 fully saturated rings. The topological polar surface area (TPSA) is 102 Å². The van der Waals surface area contributed by atoms with Gasteiger partial charge in [-0.3, -0.25) is 0 Å². The van der Waals surface area contributed by atoms with Gasteiger partial charge in [0.05, 0.1) is 11.4 Å². The number of rotatable bonds is 1. The molecule has 0 atom stereocenters. The number of H-pyrrole nitrogens is 1. The van der Waals surface area contributed by atoms with Gasteiger partial charge in [0.2, 0.25) is 0 Å². The van der Waals surface area contributed by atoms with Crippen LogP contribution in [0.15, 0.2) is 12.3 Å². The summed E-state index contributed by atoms with van der Waals surface area (Å²) in [6.45, 7) is 1.73. The van der Waals surface area contributed by atoms with E-state index in [1.165, 1.54) is 6.20 Å². The number of imidazole rings is 1. The highest BCUT2D eigenvalue weighted by molar-refractivity contribution is 5.74. The van der Waals surface area contributed by atoms with E-state index in [1.807, 2.05) is 0 Å². The second-order valence-corrected chi connectivity index (χ2v) is 3.92. The van der Waals surface area contributed by atoms with Gasteiger partial charge in [0, 0.05) is 25.7 Å². The summed E-state index contributed by atoms with van der Waals surface area (Å²) in [5.74, 6) is 0.679. The van der Waals surface area contributed by atoms with Crippen LogP contribution in [0.25, 0.3) is 11.5 Å². The number of nitrogens with zero attached hydrogens (tertiary/aromatic N) is 3. The molecule has 3 heterocycles. The first-order chi connectivity index (χ1) is 8.24. The van der Waals surface area contributed by atoms with Gasteiger partial charge in [-0.2, -0.15) is 9.78 Å². The van der Waals surface area contributed by atoms with E-state index >= 15 is 0 Å². The second kappa shape index (κ2) is 3.70. The smallest absolute Gasteiger partial charge is 0.339 e. The van der Waals surface area contributed by atoms with Crippen molar-refractivity contribution in [3.63, 3.8) is 0 Å². The SMILES string of the molecule is NC(=O)n1ccc(-c2nc3c([nH]2)CNCC3)n1. The third-order valence-corrected chi connectivity index (χ3v) is 2.76. The molecule has 88 valence electrons. The van der Waals surface area contributed by atoms with Crippen LogP contribution in [-0.4, -0.2) is 32.3 Å². The molecule has 0 spiro atoms. The van der Waals surface area contributed by atoms with Crippen molar-refractivity contribution in [3.8, 4) is 11.5 Å². The molecule has 0 unspecified atom stereocenters. The van der Waals surface area contributed by atoms with E-state index in [0.717, 1.165) is 35.6 Å². The Balaban J connectivity index is 1.97. The Kier molecular flexibility index (Phi) is 2.19. The largest absolute Gasteiger partial charge is 0.350 e. The number of aromatic amines is 1. The maximum Gasteiger partial charge on any atom is 0.339 e. The number of amides is 1. The Morgan fingerprint density at radius 2 is 2.41 bits per heavy atom. The number of fused-ring (bicyclic) bond motifs is 1. The molecule has 3 rings (SSSR count). The molecule has 4 N–H and O–H groups in total.